The van der Waals surface area contributed by atoms with E-state index in [9.17, 15) is 0 Å². The maximum absolute atomic E-state index is 3.75. The molecule has 1 nitrogen and oxygen atoms in total. The van der Waals surface area contributed by atoms with Crippen LogP contribution in [0.3, 0.4) is 0 Å². The molecular weight excluding hydrogens is 182 g/mol. The Morgan fingerprint density at radius 1 is 1.27 bits per heavy atom. The van der Waals surface area contributed by atoms with Crippen molar-refractivity contribution in [2.45, 2.75) is 59.9 Å². The second kappa shape index (κ2) is 5.89. The summed E-state index contributed by atoms with van der Waals surface area (Å²) in [7, 11) is 0. The molecule has 1 heteroatoms. The molecule has 0 aromatic rings. The minimum atomic E-state index is 0.789. The predicted molar refractivity (Wildman–Crippen MR) is 68.0 cm³/mol. The maximum Gasteiger partial charge on any atom is 0.0101 e. The molecule has 0 heterocycles. The van der Waals surface area contributed by atoms with Crippen LogP contribution in [0.5, 0.6) is 0 Å². The largest absolute Gasteiger partial charge is 0.314 e. The monoisotopic (exact) mass is 211 g/mol. The van der Waals surface area contributed by atoms with Crippen molar-refractivity contribution in [1.82, 2.24) is 5.32 Å². The summed E-state index contributed by atoms with van der Waals surface area (Å²) in [6, 6.07) is 0.789. The average molecular weight is 211 g/mol. The van der Waals surface area contributed by atoms with Crippen LogP contribution in [0.2, 0.25) is 0 Å². The summed E-state index contributed by atoms with van der Waals surface area (Å²) >= 11 is 0. The van der Waals surface area contributed by atoms with E-state index in [1.165, 1.54) is 25.8 Å². The highest BCUT2D eigenvalue weighted by Gasteiger charge is 2.40. The number of rotatable bonds is 5. The van der Waals surface area contributed by atoms with Gasteiger partial charge in [0.25, 0.3) is 0 Å². The lowest BCUT2D eigenvalue weighted by atomic mass is 9.79. The lowest BCUT2D eigenvalue weighted by Gasteiger charge is -2.28. The Morgan fingerprint density at radius 3 is 2.40 bits per heavy atom. The van der Waals surface area contributed by atoms with Gasteiger partial charge in [0.05, 0.1) is 0 Å². The fraction of sp³-hybridized carbons (Fsp3) is 1.00. The summed E-state index contributed by atoms with van der Waals surface area (Å²) in [5.41, 5.74) is 0. The van der Waals surface area contributed by atoms with Crippen molar-refractivity contribution in [3.8, 4) is 0 Å². The summed E-state index contributed by atoms with van der Waals surface area (Å²) in [5, 5.41) is 3.75. The van der Waals surface area contributed by atoms with E-state index in [2.05, 4.69) is 39.9 Å². The van der Waals surface area contributed by atoms with Gasteiger partial charge in [0.2, 0.25) is 0 Å². The van der Waals surface area contributed by atoms with Crippen molar-refractivity contribution in [2.75, 3.05) is 6.54 Å². The van der Waals surface area contributed by atoms with Crippen LogP contribution in [0.25, 0.3) is 0 Å². The molecule has 0 bridgehead atoms. The minimum absolute atomic E-state index is 0.789. The van der Waals surface area contributed by atoms with Crippen LogP contribution in [0, 0.1) is 23.7 Å². The van der Waals surface area contributed by atoms with E-state index in [0.717, 1.165) is 29.7 Å². The summed E-state index contributed by atoms with van der Waals surface area (Å²) < 4.78 is 0. The topological polar surface area (TPSA) is 12.0 Å². The predicted octanol–water partition coefficient (Wildman–Crippen LogP) is 3.69. The molecule has 0 saturated heterocycles. The Labute approximate surface area is 96.0 Å². The first kappa shape index (κ1) is 13.0. The van der Waals surface area contributed by atoms with Gasteiger partial charge >= 0.3 is 0 Å². The summed E-state index contributed by atoms with van der Waals surface area (Å²) in [6.45, 7) is 13.0. The molecule has 90 valence electrons. The molecule has 15 heavy (non-hydrogen) atoms. The quantitative estimate of drug-likeness (QED) is 0.731. The molecule has 1 rings (SSSR count). The van der Waals surface area contributed by atoms with E-state index < -0.39 is 0 Å². The molecule has 1 fully saturated rings. The first-order valence-corrected chi connectivity index (χ1v) is 6.85. The van der Waals surface area contributed by atoms with Gasteiger partial charge in [-0.25, -0.2) is 0 Å². The zero-order valence-electron chi connectivity index (χ0n) is 11.2. The van der Waals surface area contributed by atoms with Crippen molar-refractivity contribution in [1.29, 1.82) is 0 Å². The van der Waals surface area contributed by atoms with Gasteiger partial charge in [-0.05, 0) is 43.1 Å². The van der Waals surface area contributed by atoms with Crippen LogP contribution >= 0.6 is 0 Å². The van der Waals surface area contributed by atoms with Gasteiger partial charge in [0.1, 0.15) is 0 Å². The highest BCUT2D eigenvalue weighted by Crippen LogP contribution is 2.43. The van der Waals surface area contributed by atoms with Crippen molar-refractivity contribution >= 4 is 0 Å². The highest BCUT2D eigenvalue weighted by molar-refractivity contribution is 4.93. The summed E-state index contributed by atoms with van der Waals surface area (Å²) in [4.78, 5) is 0. The van der Waals surface area contributed by atoms with Crippen LogP contribution in [-0.2, 0) is 0 Å². The third kappa shape index (κ3) is 2.96. The average Bonchev–Trinajstić information content (AvgIpc) is 2.51. The summed E-state index contributed by atoms with van der Waals surface area (Å²) in [5.74, 6) is 3.60. The van der Waals surface area contributed by atoms with Gasteiger partial charge in [-0.15, -0.1) is 0 Å². The van der Waals surface area contributed by atoms with Gasteiger partial charge in [0.15, 0.2) is 0 Å². The molecule has 0 aromatic heterocycles. The van der Waals surface area contributed by atoms with Gasteiger partial charge in [-0.1, -0.05) is 41.0 Å². The van der Waals surface area contributed by atoms with E-state index in [1.807, 2.05) is 0 Å². The van der Waals surface area contributed by atoms with E-state index in [-0.39, 0.29) is 0 Å². The molecule has 1 aliphatic carbocycles. The fourth-order valence-corrected chi connectivity index (χ4v) is 3.70. The van der Waals surface area contributed by atoms with Crippen molar-refractivity contribution in [3.63, 3.8) is 0 Å². The third-order valence-electron chi connectivity index (χ3n) is 4.19. The van der Waals surface area contributed by atoms with Crippen molar-refractivity contribution in [2.24, 2.45) is 23.7 Å². The van der Waals surface area contributed by atoms with Crippen molar-refractivity contribution < 1.29 is 0 Å². The molecule has 0 radical (unpaired) electrons. The van der Waals surface area contributed by atoms with Crippen LogP contribution < -0.4 is 5.32 Å². The Bertz CT molecular complexity index is 176. The Kier molecular flexibility index (Phi) is 5.11. The molecule has 4 atom stereocenters. The Balaban J connectivity index is 2.60. The number of hydrogen-bond donors (Lipinski definition) is 1. The van der Waals surface area contributed by atoms with E-state index >= 15 is 0 Å². The fourth-order valence-electron chi connectivity index (χ4n) is 3.70. The standard InChI is InChI=1S/C14H29N/c1-6-8-15-13-9-11(5)14(10(3)4)12(13)7-2/h10-15H,6-9H2,1-5H3. The van der Waals surface area contributed by atoms with Gasteiger partial charge < -0.3 is 5.32 Å². The second-order valence-electron chi connectivity index (χ2n) is 5.67. The molecule has 1 saturated carbocycles. The lowest BCUT2D eigenvalue weighted by Crippen LogP contribution is -2.35. The SMILES string of the molecule is CCCNC1CC(C)C(C(C)C)C1CC. The van der Waals surface area contributed by atoms with Gasteiger partial charge in [-0.2, -0.15) is 0 Å². The normalized spacial score (nSPS) is 36.4. The molecule has 0 aliphatic heterocycles. The van der Waals surface area contributed by atoms with Crippen LogP contribution in [0.15, 0.2) is 0 Å². The smallest absolute Gasteiger partial charge is 0.0101 e. The Hall–Kier alpha value is -0.0400. The first-order valence-electron chi connectivity index (χ1n) is 6.85. The summed E-state index contributed by atoms with van der Waals surface area (Å²) in [6.07, 6.45) is 3.99. The van der Waals surface area contributed by atoms with Gasteiger partial charge in [-0.3, -0.25) is 0 Å². The second-order valence-corrected chi connectivity index (χ2v) is 5.67. The highest BCUT2D eigenvalue weighted by atomic mass is 14.9. The van der Waals surface area contributed by atoms with Crippen molar-refractivity contribution in [3.05, 3.63) is 0 Å². The van der Waals surface area contributed by atoms with E-state index in [1.54, 1.807) is 0 Å². The van der Waals surface area contributed by atoms with Gasteiger partial charge in [0, 0.05) is 6.04 Å². The number of hydrogen-bond acceptors (Lipinski definition) is 1. The maximum atomic E-state index is 3.75. The number of nitrogens with one attached hydrogen (secondary N) is 1. The zero-order chi connectivity index (χ0) is 11.4. The van der Waals surface area contributed by atoms with E-state index in [4.69, 9.17) is 0 Å². The minimum Gasteiger partial charge on any atom is -0.314 e. The molecule has 1 aliphatic rings. The van der Waals surface area contributed by atoms with Crippen LogP contribution in [0.1, 0.15) is 53.9 Å². The first-order chi connectivity index (χ1) is 7.11. The molecule has 0 aromatic carbocycles. The van der Waals surface area contributed by atoms with Crippen LogP contribution in [-0.4, -0.2) is 12.6 Å². The lowest BCUT2D eigenvalue weighted by molar-refractivity contribution is 0.222. The molecule has 4 unspecified atom stereocenters. The third-order valence-corrected chi connectivity index (χ3v) is 4.19. The zero-order valence-corrected chi connectivity index (χ0v) is 11.2. The molecular formula is C14H29N. The molecule has 0 amide bonds. The van der Waals surface area contributed by atoms with E-state index in [0.29, 0.717) is 0 Å². The van der Waals surface area contributed by atoms with Crippen LogP contribution in [0.4, 0.5) is 0 Å². The molecule has 0 spiro atoms. The Morgan fingerprint density at radius 2 is 1.93 bits per heavy atom. The molecule has 1 N–H and O–H groups in total.